The molecular weight excluding hydrogens is 349 g/mol. The van der Waals surface area contributed by atoms with E-state index in [0.717, 1.165) is 0 Å². The van der Waals surface area contributed by atoms with Crippen LogP contribution in [0.2, 0.25) is 0 Å². The number of rotatable bonds is 6. The molecule has 1 heterocycles. The van der Waals surface area contributed by atoms with Crippen LogP contribution in [0, 0.1) is 5.82 Å². The van der Waals surface area contributed by atoms with Gasteiger partial charge in [-0.15, -0.1) is 0 Å². The summed E-state index contributed by atoms with van der Waals surface area (Å²) in [6, 6.07) is 12.5. The van der Waals surface area contributed by atoms with Gasteiger partial charge in [0, 0.05) is 12.1 Å². The van der Waals surface area contributed by atoms with Gasteiger partial charge in [-0.3, -0.25) is 9.59 Å². The van der Waals surface area contributed by atoms with Gasteiger partial charge < -0.3 is 14.6 Å². The van der Waals surface area contributed by atoms with E-state index in [1.54, 1.807) is 35.2 Å². The summed E-state index contributed by atoms with van der Waals surface area (Å²) in [5.41, 5.74) is 0.325. The van der Waals surface area contributed by atoms with Gasteiger partial charge in [0.15, 0.2) is 6.61 Å². The summed E-state index contributed by atoms with van der Waals surface area (Å²) >= 11 is 0. The first-order valence-corrected chi connectivity index (χ1v) is 8.60. The van der Waals surface area contributed by atoms with Crippen molar-refractivity contribution in [2.75, 3.05) is 6.61 Å². The number of para-hydroxylation sites is 1. The van der Waals surface area contributed by atoms with Crippen molar-refractivity contribution < 1.29 is 13.9 Å². The normalized spacial score (nSPS) is 11.0. The molecule has 0 atom stereocenters. The van der Waals surface area contributed by atoms with E-state index >= 15 is 0 Å². The van der Waals surface area contributed by atoms with Gasteiger partial charge in [0.1, 0.15) is 17.4 Å². The Balaban J connectivity index is 1.75. The molecule has 0 saturated heterocycles. The second kappa shape index (κ2) is 7.99. The second-order valence-corrected chi connectivity index (χ2v) is 6.39. The van der Waals surface area contributed by atoms with Crippen molar-refractivity contribution in [3.8, 4) is 5.75 Å². The highest BCUT2D eigenvalue weighted by atomic mass is 19.1. The minimum atomic E-state index is -0.432. The zero-order valence-corrected chi connectivity index (χ0v) is 15.1. The molecule has 1 N–H and O–H groups in total. The van der Waals surface area contributed by atoms with Crippen LogP contribution in [0.25, 0.3) is 10.9 Å². The Morgan fingerprint density at radius 2 is 2.00 bits per heavy atom. The second-order valence-electron chi connectivity index (χ2n) is 6.39. The summed E-state index contributed by atoms with van der Waals surface area (Å²) < 4.78 is 18.6. The first-order valence-electron chi connectivity index (χ1n) is 8.60. The van der Waals surface area contributed by atoms with E-state index in [1.807, 2.05) is 13.8 Å². The summed E-state index contributed by atoms with van der Waals surface area (Å²) in [7, 11) is 0. The van der Waals surface area contributed by atoms with Crippen molar-refractivity contribution in [3.05, 3.63) is 70.5 Å². The van der Waals surface area contributed by atoms with E-state index in [0.29, 0.717) is 16.7 Å². The lowest BCUT2D eigenvalue weighted by molar-refractivity contribution is -0.135. The largest absolute Gasteiger partial charge is 0.484 e. The van der Waals surface area contributed by atoms with E-state index in [-0.39, 0.29) is 36.4 Å². The fourth-order valence-electron chi connectivity index (χ4n) is 2.71. The molecule has 0 unspecified atom stereocenters. The third-order valence-corrected chi connectivity index (χ3v) is 4.08. The minimum Gasteiger partial charge on any atom is -0.484 e. The Kier molecular flexibility index (Phi) is 5.49. The summed E-state index contributed by atoms with van der Waals surface area (Å²) in [6.07, 6.45) is 0. The maximum atomic E-state index is 13.2. The highest BCUT2D eigenvalue weighted by Crippen LogP contribution is 2.13. The van der Waals surface area contributed by atoms with Crippen molar-refractivity contribution >= 4 is 16.8 Å². The number of halogens is 1. The van der Waals surface area contributed by atoms with Gasteiger partial charge in [-0.25, -0.2) is 9.37 Å². The number of hydrogen-bond acceptors (Lipinski definition) is 4. The monoisotopic (exact) mass is 369 g/mol. The van der Waals surface area contributed by atoms with E-state index in [9.17, 15) is 14.0 Å². The average Bonchev–Trinajstić information content (AvgIpc) is 2.64. The van der Waals surface area contributed by atoms with Gasteiger partial charge in [-0.1, -0.05) is 18.2 Å². The molecule has 3 aromatic rings. The van der Waals surface area contributed by atoms with Crippen molar-refractivity contribution in [3.63, 3.8) is 0 Å². The molecule has 27 heavy (non-hydrogen) atoms. The van der Waals surface area contributed by atoms with Gasteiger partial charge >= 0.3 is 0 Å². The van der Waals surface area contributed by atoms with E-state index in [2.05, 4.69) is 9.97 Å². The smallest absolute Gasteiger partial charge is 0.261 e. The quantitative estimate of drug-likeness (QED) is 0.725. The third kappa shape index (κ3) is 4.49. The maximum absolute atomic E-state index is 13.2. The molecule has 2 aromatic carbocycles. The molecule has 6 nitrogen and oxygen atoms in total. The molecule has 3 rings (SSSR count). The molecule has 140 valence electrons. The van der Waals surface area contributed by atoms with Gasteiger partial charge in [-0.05, 0) is 38.1 Å². The number of ether oxygens (including phenoxy) is 1. The maximum Gasteiger partial charge on any atom is 0.261 e. The Hall–Kier alpha value is -3.22. The Morgan fingerprint density at radius 1 is 1.22 bits per heavy atom. The number of amides is 1. The molecule has 0 radical (unpaired) electrons. The molecule has 0 aliphatic rings. The summed E-state index contributed by atoms with van der Waals surface area (Å²) in [6.45, 7) is 3.63. The number of aromatic amines is 1. The number of hydrogen-bond donors (Lipinski definition) is 1. The molecule has 1 aromatic heterocycles. The number of carbonyl (C=O) groups excluding carboxylic acids is 1. The standard InChI is InChI=1S/C20H20FN3O3/c1-13(2)24(19(25)12-27-15-7-5-6-14(21)10-15)11-18-22-17-9-4-3-8-16(17)20(26)23-18/h3-10,13H,11-12H2,1-2H3,(H,22,23,26). The first kappa shape index (κ1) is 18.6. The number of nitrogens with one attached hydrogen (secondary N) is 1. The topological polar surface area (TPSA) is 75.3 Å². The number of nitrogens with zero attached hydrogens (tertiary/aromatic N) is 2. The lowest BCUT2D eigenvalue weighted by Crippen LogP contribution is -2.40. The van der Waals surface area contributed by atoms with E-state index in [1.165, 1.54) is 18.2 Å². The zero-order valence-electron chi connectivity index (χ0n) is 15.1. The van der Waals surface area contributed by atoms with Gasteiger partial charge in [0.05, 0.1) is 17.4 Å². The van der Waals surface area contributed by atoms with Crippen molar-refractivity contribution in [2.45, 2.75) is 26.4 Å². The number of benzene rings is 2. The molecule has 0 spiro atoms. The third-order valence-electron chi connectivity index (χ3n) is 4.08. The number of aromatic nitrogens is 2. The zero-order chi connectivity index (χ0) is 19.4. The molecule has 0 saturated carbocycles. The summed E-state index contributed by atoms with van der Waals surface area (Å²) in [5, 5.41) is 0.498. The van der Waals surface area contributed by atoms with Crippen LogP contribution >= 0.6 is 0 Å². The van der Waals surface area contributed by atoms with Crippen LogP contribution in [0.5, 0.6) is 5.75 Å². The van der Waals surface area contributed by atoms with E-state index < -0.39 is 5.82 Å². The number of carbonyl (C=O) groups is 1. The fraction of sp³-hybridized carbons (Fsp3) is 0.250. The predicted molar refractivity (Wildman–Crippen MR) is 99.9 cm³/mol. The van der Waals surface area contributed by atoms with Gasteiger partial charge in [-0.2, -0.15) is 0 Å². The Morgan fingerprint density at radius 3 is 2.74 bits per heavy atom. The molecule has 7 heteroatoms. The molecule has 1 amide bonds. The lowest BCUT2D eigenvalue weighted by Gasteiger charge is -2.26. The lowest BCUT2D eigenvalue weighted by atomic mass is 10.2. The number of fused-ring (bicyclic) bond motifs is 1. The van der Waals surface area contributed by atoms with Crippen LogP contribution in [0.15, 0.2) is 53.3 Å². The Bertz CT molecular complexity index is 1020. The highest BCUT2D eigenvalue weighted by molar-refractivity contribution is 5.78. The molecule has 0 fully saturated rings. The average molecular weight is 369 g/mol. The first-order chi connectivity index (χ1) is 12.9. The highest BCUT2D eigenvalue weighted by Gasteiger charge is 2.19. The van der Waals surface area contributed by atoms with Crippen LogP contribution in [-0.4, -0.2) is 33.4 Å². The predicted octanol–water partition coefficient (Wildman–Crippen LogP) is 2.88. The van der Waals surface area contributed by atoms with Crippen LogP contribution < -0.4 is 10.3 Å². The summed E-state index contributed by atoms with van der Waals surface area (Å²) in [4.78, 5) is 33.5. The van der Waals surface area contributed by atoms with Crippen LogP contribution in [0.3, 0.4) is 0 Å². The van der Waals surface area contributed by atoms with Crippen molar-refractivity contribution in [2.24, 2.45) is 0 Å². The number of H-pyrrole nitrogens is 1. The van der Waals surface area contributed by atoms with Crippen LogP contribution in [0.1, 0.15) is 19.7 Å². The molecular formula is C20H20FN3O3. The Labute approximate surface area is 155 Å². The van der Waals surface area contributed by atoms with Crippen molar-refractivity contribution in [1.82, 2.24) is 14.9 Å². The summed E-state index contributed by atoms with van der Waals surface area (Å²) in [5.74, 6) is -0.0422. The fourth-order valence-corrected chi connectivity index (χ4v) is 2.71. The molecule has 0 bridgehead atoms. The SMILES string of the molecule is CC(C)N(Cc1nc2ccccc2c(=O)[nH]1)C(=O)COc1cccc(F)c1. The minimum absolute atomic E-state index is 0.134. The van der Waals surface area contributed by atoms with Crippen LogP contribution in [-0.2, 0) is 11.3 Å². The van der Waals surface area contributed by atoms with Gasteiger partial charge in [0.25, 0.3) is 11.5 Å². The van der Waals surface area contributed by atoms with E-state index in [4.69, 9.17) is 4.74 Å². The molecule has 0 aliphatic heterocycles. The van der Waals surface area contributed by atoms with Crippen molar-refractivity contribution in [1.29, 1.82) is 0 Å². The van der Waals surface area contributed by atoms with Crippen LogP contribution in [0.4, 0.5) is 4.39 Å². The molecule has 0 aliphatic carbocycles. The van der Waals surface area contributed by atoms with Gasteiger partial charge in [0.2, 0.25) is 0 Å².